The van der Waals surface area contributed by atoms with Crippen molar-refractivity contribution in [3.05, 3.63) is 295 Å². The van der Waals surface area contributed by atoms with Crippen molar-refractivity contribution in [2.24, 2.45) is 0 Å². The highest BCUT2D eigenvalue weighted by atomic mass is 35.5. The number of carbonyl (C=O) groups excluding carboxylic acids is 2. The zero-order valence-corrected chi connectivity index (χ0v) is 65.6. The number of halogens is 4. The summed E-state index contributed by atoms with van der Waals surface area (Å²) >= 11 is 25.5. The van der Waals surface area contributed by atoms with Gasteiger partial charge in [0.05, 0.1) is 34.6 Å². The number of nitrogens with zero attached hydrogens (tertiary/aromatic N) is 16. The van der Waals surface area contributed by atoms with Crippen LogP contribution >= 0.6 is 46.4 Å². The van der Waals surface area contributed by atoms with Gasteiger partial charge in [0.1, 0.15) is 100 Å². The smallest absolute Gasteiger partial charge is 0.414 e. The summed E-state index contributed by atoms with van der Waals surface area (Å²) in [4.78, 5) is 88.0. The molecule has 116 heavy (non-hydrogen) atoms. The molecule has 4 fully saturated rings. The predicted octanol–water partition coefficient (Wildman–Crippen LogP) is 11.3. The van der Waals surface area contributed by atoms with Crippen molar-refractivity contribution in [3.8, 4) is 22.9 Å². The number of carboxylic acids is 2. The lowest BCUT2D eigenvalue weighted by atomic mass is 10.1. The Morgan fingerprint density at radius 2 is 0.767 bits per heavy atom. The summed E-state index contributed by atoms with van der Waals surface area (Å²) in [6.45, 7) is 11.8. The maximum Gasteiger partial charge on any atom is 0.414 e. The van der Waals surface area contributed by atoms with Crippen LogP contribution in [0.4, 0.5) is 22.7 Å². The topological polar surface area (TPSA) is 318 Å². The van der Waals surface area contributed by atoms with Crippen molar-refractivity contribution in [1.82, 2.24) is 58.2 Å². The molecule has 0 amide bonds. The van der Waals surface area contributed by atoms with Crippen LogP contribution in [0.3, 0.4) is 0 Å². The van der Waals surface area contributed by atoms with E-state index in [2.05, 4.69) is 74.2 Å². The molecule has 598 valence electrons. The van der Waals surface area contributed by atoms with Crippen molar-refractivity contribution in [2.75, 3.05) is 98.4 Å². The third-order valence-corrected chi connectivity index (χ3v) is 21.2. The minimum absolute atomic E-state index is 0.165. The van der Waals surface area contributed by atoms with E-state index >= 15 is 0 Å². The molecule has 8 heterocycles. The number of benzene rings is 8. The number of Topliss-reactive ketones (excluding diaryl/α,β-unsaturated/α-hetero) is 2. The zero-order chi connectivity index (χ0) is 81.0. The molecule has 2 N–H and O–H groups in total. The molecule has 34 heteroatoms. The lowest BCUT2D eigenvalue weighted by Crippen LogP contribution is -2.46. The molecule has 4 aliphatic heterocycles. The van der Waals surface area contributed by atoms with Crippen molar-refractivity contribution in [3.63, 3.8) is 0 Å². The molecule has 0 aliphatic carbocycles. The molecule has 6 unspecified atom stereocenters. The minimum Gasteiger partial charge on any atom is -0.491 e. The summed E-state index contributed by atoms with van der Waals surface area (Å²) in [5.41, 5.74) is 7.40. The lowest BCUT2D eigenvalue weighted by molar-refractivity contribution is -0.191. The second-order valence-electron chi connectivity index (χ2n) is 27.5. The van der Waals surface area contributed by atoms with E-state index in [1.54, 1.807) is 121 Å². The molecule has 0 saturated carbocycles. The van der Waals surface area contributed by atoms with Crippen LogP contribution < -0.4 is 40.5 Å². The Morgan fingerprint density at radius 3 is 1.08 bits per heavy atom. The molecule has 6 atom stereocenters. The number of piperazine rings is 2. The molecule has 0 radical (unpaired) electrons. The second-order valence-corrected chi connectivity index (χ2v) is 29.2. The fraction of sp³-hybridized carbons (Fsp3) is 0.268. The first kappa shape index (κ1) is 80.6. The molecule has 30 nitrogen and oxygen atoms in total. The van der Waals surface area contributed by atoms with Crippen molar-refractivity contribution in [1.29, 1.82) is 0 Å². The number of hydrogen-bond acceptors (Lipinski definition) is 22. The van der Waals surface area contributed by atoms with Gasteiger partial charge in [-0.3, -0.25) is 9.59 Å². The summed E-state index contributed by atoms with van der Waals surface area (Å²) in [6, 6.07) is 58.7. The van der Waals surface area contributed by atoms with Crippen LogP contribution in [0, 0.1) is 0 Å². The first-order valence-electron chi connectivity index (χ1n) is 37.0. The Morgan fingerprint density at radius 1 is 0.440 bits per heavy atom. The molecule has 4 saturated heterocycles. The fourth-order valence-corrected chi connectivity index (χ4v) is 15.1. The monoisotopic (exact) mass is 1650 g/mol. The first-order chi connectivity index (χ1) is 56.2. The Bertz CT molecular complexity index is 5140. The molecule has 0 bridgehead atoms. The van der Waals surface area contributed by atoms with Crippen LogP contribution in [0.2, 0.25) is 20.1 Å². The van der Waals surface area contributed by atoms with Gasteiger partial charge in [0, 0.05) is 107 Å². The quantitative estimate of drug-likeness (QED) is 0.0419. The molecule has 16 rings (SSSR count). The zero-order valence-electron chi connectivity index (χ0n) is 62.6. The summed E-state index contributed by atoms with van der Waals surface area (Å²) in [6.07, 6.45) is 8.34. The Labute approximate surface area is 684 Å². The summed E-state index contributed by atoms with van der Waals surface area (Å²) in [5, 5.41) is 33.7. The molecular weight excluding hydrogens is 1570 g/mol. The normalized spacial score (nSPS) is 18.5. The van der Waals surface area contributed by atoms with Crippen LogP contribution in [-0.2, 0) is 53.2 Å². The molecule has 12 aromatic rings. The molecular formula is C82H78Cl4N16O14. The summed E-state index contributed by atoms with van der Waals surface area (Å²) in [5.74, 6) is -4.87. The number of aliphatic carboxylic acids is 2. The van der Waals surface area contributed by atoms with E-state index in [0.29, 0.717) is 66.9 Å². The number of rotatable bonds is 24. The van der Waals surface area contributed by atoms with Gasteiger partial charge >= 0.3 is 23.3 Å². The molecule has 4 aromatic heterocycles. The van der Waals surface area contributed by atoms with Crippen molar-refractivity contribution >= 4 is 92.7 Å². The first-order valence-corrected chi connectivity index (χ1v) is 38.5. The van der Waals surface area contributed by atoms with Gasteiger partial charge in [-0.05, 0) is 135 Å². The van der Waals surface area contributed by atoms with Gasteiger partial charge in [-0.15, -0.1) is 0 Å². The summed E-state index contributed by atoms with van der Waals surface area (Å²) < 4.78 is 46.4. The van der Waals surface area contributed by atoms with E-state index in [4.69, 9.17) is 94.6 Å². The number of ether oxygens (including phenoxy) is 6. The van der Waals surface area contributed by atoms with Gasteiger partial charge in [-0.25, -0.2) is 57.0 Å². The van der Waals surface area contributed by atoms with E-state index < -0.39 is 35.6 Å². The molecule has 0 spiro atoms. The third-order valence-electron chi connectivity index (χ3n) is 20.1. The van der Waals surface area contributed by atoms with Gasteiger partial charge < -0.3 is 58.2 Å². The summed E-state index contributed by atoms with van der Waals surface area (Å²) in [7, 11) is 0. The lowest BCUT2D eigenvalue weighted by Gasteiger charge is -2.37. The van der Waals surface area contributed by atoms with Crippen molar-refractivity contribution in [2.45, 2.75) is 62.8 Å². The van der Waals surface area contributed by atoms with E-state index in [1.807, 2.05) is 84.9 Å². The largest absolute Gasteiger partial charge is 0.491 e. The number of carboxylic acid groups (broad SMARTS) is 2. The standard InChI is InChI=1S/2C40H38Cl2N8O5.C2H2O4/c2*1-28(38(51)29-5-3-2-4-6-29)50-39(52)49(27-45-50)33-10-8-31(9-11-33)46-17-19-47(20-18-46)32-12-14-34(15-13-32)53-22-35-23-54-40(55-35,24-48-26-43-25-44-48)36-16-7-30(41)21-37(36)42;3-1(4)2(5)6/h2*2-16,21,25-28,35H,17-20,22-24H2,1H3;(H,3,4)(H,5,6). The van der Waals surface area contributed by atoms with E-state index in [-0.39, 0.29) is 61.5 Å². The van der Waals surface area contributed by atoms with Gasteiger partial charge in [-0.2, -0.15) is 20.4 Å². The van der Waals surface area contributed by atoms with Crippen LogP contribution in [0.25, 0.3) is 11.4 Å². The van der Waals surface area contributed by atoms with Crippen LogP contribution in [-0.4, -0.2) is 183 Å². The van der Waals surface area contributed by atoms with E-state index in [0.717, 1.165) is 86.6 Å². The Balaban J connectivity index is 0.000000179. The highest BCUT2D eigenvalue weighted by Gasteiger charge is 2.47. The third kappa shape index (κ3) is 18.7. The van der Waals surface area contributed by atoms with E-state index in [1.165, 1.54) is 43.8 Å². The number of carbonyl (C=O) groups is 4. The van der Waals surface area contributed by atoms with Gasteiger partial charge in [0.25, 0.3) is 0 Å². The highest BCUT2D eigenvalue weighted by molar-refractivity contribution is 6.35. The van der Waals surface area contributed by atoms with Gasteiger partial charge in [0.2, 0.25) is 11.6 Å². The number of anilines is 4. The average molecular weight is 1650 g/mol. The number of aromatic nitrogens is 12. The van der Waals surface area contributed by atoms with Crippen molar-refractivity contribution < 1.29 is 57.8 Å². The maximum absolute atomic E-state index is 13.2. The fourth-order valence-electron chi connectivity index (χ4n) is 14.0. The van der Waals surface area contributed by atoms with Crippen LogP contribution in [0.1, 0.15) is 57.8 Å². The number of hydrogen-bond donors (Lipinski definition) is 2. The molecule has 4 aliphatic rings. The Kier molecular flexibility index (Phi) is 25.2. The maximum atomic E-state index is 13.2. The number of ketones is 2. The van der Waals surface area contributed by atoms with Gasteiger partial charge in [0.15, 0.2) is 11.6 Å². The van der Waals surface area contributed by atoms with Crippen LogP contribution in [0.15, 0.2) is 242 Å². The average Bonchev–Trinajstić information content (AvgIpc) is 1.61. The van der Waals surface area contributed by atoms with Crippen LogP contribution in [0.5, 0.6) is 11.5 Å². The van der Waals surface area contributed by atoms with E-state index in [9.17, 15) is 19.2 Å². The highest BCUT2D eigenvalue weighted by Crippen LogP contribution is 2.43. The molecule has 8 aromatic carbocycles. The predicted molar refractivity (Wildman–Crippen MR) is 433 cm³/mol. The van der Waals surface area contributed by atoms with Gasteiger partial charge in [-0.1, -0.05) is 119 Å². The SMILES string of the molecule is CC(C(=O)c1ccccc1)n1ncn(-c2ccc(N3CCN(c4ccc(OCC5COC(Cn6cncn6)(c6ccc(Cl)cc6Cl)O5)cc4)CC3)cc2)c1=O.CC(C(=O)c1ccccc1)n1ncn(-c2ccc(N3CCN(c4ccc(OCC5COC(Cn6cncn6)(c6ccc(Cl)cc6Cl)O5)cc4)CC3)cc2)c1=O.O=C(O)C(=O)O. The minimum atomic E-state index is -1.82. The Hall–Kier alpha value is -12.0. The second kappa shape index (κ2) is 36.2.